The van der Waals surface area contributed by atoms with Crippen LogP contribution >= 0.6 is 0 Å². The first-order valence-corrected chi connectivity index (χ1v) is 10.6. The molecule has 5 nitrogen and oxygen atoms in total. The van der Waals surface area contributed by atoms with Crippen LogP contribution in [0.2, 0.25) is 0 Å². The Hall–Kier alpha value is -3.86. The minimum absolute atomic E-state index is 0.0450. The third kappa shape index (κ3) is 4.08. The second kappa shape index (κ2) is 8.48. The Morgan fingerprint density at radius 1 is 0.871 bits per heavy atom. The van der Waals surface area contributed by atoms with Crippen LogP contribution in [0.1, 0.15) is 12.8 Å². The smallest absolute Gasteiger partial charge is 0.247 e. The number of amides is 1. The SMILES string of the molecule is O=C(Nc1ccc(-c2ccccc2)cc1)C1CCCN1c1ccc(-n2ccnc2)cc1. The van der Waals surface area contributed by atoms with Gasteiger partial charge in [0, 0.05) is 36.0 Å². The molecule has 5 heteroatoms. The predicted octanol–water partition coefficient (Wildman–Crippen LogP) is 5.15. The van der Waals surface area contributed by atoms with Crippen molar-refractivity contribution in [2.75, 3.05) is 16.8 Å². The largest absolute Gasteiger partial charge is 0.360 e. The van der Waals surface area contributed by atoms with Crippen molar-refractivity contribution in [3.05, 3.63) is 97.6 Å². The monoisotopic (exact) mass is 408 g/mol. The third-order valence-corrected chi connectivity index (χ3v) is 5.80. The molecule has 1 aliphatic rings. The quantitative estimate of drug-likeness (QED) is 0.497. The average Bonchev–Trinajstić information content (AvgIpc) is 3.53. The molecule has 3 aromatic carbocycles. The number of hydrogen-bond acceptors (Lipinski definition) is 3. The van der Waals surface area contributed by atoms with Gasteiger partial charge in [0.25, 0.3) is 0 Å². The molecule has 31 heavy (non-hydrogen) atoms. The molecular formula is C26H24N4O. The Bertz CT molecular complexity index is 1140. The minimum Gasteiger partial charge on any atom is -0.360 e. The summed E-state index contributed by atoms with van der Waals surface area (Å²) in [5, 5.41) is 3.10. The van der Waals surface area contributed by atoms with E-state index in [1.54, 1.807) is 12.5 Å². The van der Waals surface area contributed by atoms with Crippen LogP contribution in [0.5, 0.6) is 0 Å². The molecule has 154 valence electrons. The lowest BCUT2D eigenvalue weighted by Gasteiger charge is -2.26. The number of rotatable bonds is 5. The van der Waals surface area contributed by atoms with Gasteiger partial charge in [-0.15, -0.1) is 0 Å². The zero-order valence-electron chi connectivity index (χ0n) is 17.2. The van der Waals surface area contributed by atoms with Gasteiger partial charge in [-0.2, -0.15) is 0 Å². The first-order valence-electron chi connectivity index (χ1n) is 10.6. The maximum atomic E-state index is 13.0. The summed E-state index contributed by atoms with van der Waals surface area (Å²) in [7, 11) is 0. The van der Waals surface area contributed by atoms with E-state index in [9.17, 15) is 4.79 Å². The van der Waals surface area contributed by atoms with Crippen molar-refractivity contribution in [2.45, 2.75) is 18.9 Å². The van der Waals surface area contributed by atoms with Crippen LogP contribution in [0.4, 0.5) is 11.4 Å². The van der Waals surface area contributed by atoms with Gasteiger partial charge in [-0.3, -0.25) is 4.79 Å². The highest BCUT2D eigenvalue weighted by molar-refractivity contribution is 5.97. The van der Waals surface area contributed by atoms with Crippen LogP contribution in [0, 0.1) is 0 Å². The fourth-order valence-corrected chi connectivity index (χ4v) is 4.18. The average molecular weight is 409 g/mol. The molecule has 1 fully saturated rings. The number of nitrogens with one attached hydrogen (secondary N) is 1. The number of nitrogens with zero attached hydrogens (tertiary/aromatic N) is 3. The van der Waals surface area contributed by atoms with Crippen molar-refractivity contribution >= 4 is 17.3 Å². The Morgan fingerprint density at radius 3 is 2.29 bits per heavy atom. The second-order valence-corrected chi connectivity index (χ2v) is 7.77. The predicted molar refractivity (Wildman–Crippen MR) is 124 cm³/mol. The van der Waals surface area contributed by atoms with Gasteiger partial charge in [0.2, 0.25) is 5.91 Å². The van der Waals surface area contributed by atoms with Gasteiger partial charge < -0.3 is 14.8 Å². The van der Waals surface area contributed by atoms with Crippen LogP contribution in [0.3, 0.4) is 0 Å². The van der Waals surface area contributed by atoms with Gasteiger partial charge in [0.1, 0.15) is 6.04 Å². The normalized spacial score (nSPS) is 15.7. The number of carbonyl (C=O) groups is 1. The first-order chi connectivity index (χ1) is 15.3. The topological polar surface area (TPSA) is 50.2 Å². The van der Waals surface area contributed by atoms with E-state index in [0.717, 1.165) is 42.0 Å². The van der Waals surface area contributed by atoms with Crippen molar-refractivity contribution in [3.63, 3.8) is 0 Å². The van der Waals surface area contributed by atoms with E-state index >= 15 is 0 Å². The van der Waals surface area contributed by atoms with E-state index in [4.69, 9.17) is 0 Å². The number of anilines is 2. The fraction of sp³-hybridized carbons (Fsp3) is 0.154. The lowest BCUT2D eigenvalue weighted by molar-refractivity contribution is -0.117. The molecule has 2 heterocycles. The van der Waals surface area contributed by atoms with E-state index < -0.39 is 0 Å². The highest BCUT2D eigenvalue weighted by Gasteiger charge is 2.31. The number of aromatic nitrogens is 2. The van der Waals surface area contributed by atoms with Crippen molar-refractivity contribution < 1.29 is 4.79 Å². The summed E-state index contributed by atoms with van der Waals surface area (Å²) in [6.07, 6.45) is 7.33. The summed E-state index contributed by atoms with van der Waals surface area (Å²) in [4.78, 5) is 19.3. The van der Waals surface area contributed by atoms with Crippen LogP contribution in [0.25, 0.3) is 16.8 Å². The van der Waals surface area contributed by atoms with E-state index in [2.05, 4.69) is 51.6 Å². The van der Waals surface area contributed by atoms with Crippen molar-refractivity contribution in [3.8, 4) is 16.8 Å². The number of hydrogen-bond donors (Lipinski definition) is 1. The summed E-state index contributed by atoms with van der Waals surface area (Å²) >= 11 is 0. The van der Waals surface area contributed by atoms with Crippen LogP contribution in [-0.2, 0) is 4.79 Å². The highest BCUT2D eigenvalue weighted by atomic mass is 16.2. The van der Waals surface area contributed by atoms with Gasteiger partial charge >= 0.3 is 0 Å². The molecule has 1 amide bonds. The lowest BCUT2D eigenvalue weighted by Crippen LogP contribution is -2.39. The van der Waals surface area contributed by atoms with Gasteiger partial charge in [0.05, 0.1) is 6.33 Å². The third-order valence-electron chi connectivity index (χ3n) is 5.80. The maximum absolute atomic E-state index is 13.0. The summed E-state index contributed by atoms with van der Waals surface area (Å²) < 4.78 is 1.97. The Labute approximate surface area is 182 Å². The van der Waals surface area contributed by atoms with E-state index in [-0.39, 0.29) is 11.9 Å². The standard InChI is InChI=1S/C26H24N4O/c31-26(28-22-10-8-21(9-11-22)20-5-2-1-3-6-20)25-7-4-17-30(25)24-14-12-23(13-15-24)29-18-16-27-19-29/h1-3,5-6,8-16,18-19,25H,4,7,17H2,(H,28,31). The Morgan fingerprint density at radius 2 is 1.58 bits per heavy atom. The van der Waals surface area contributed by atoms with Gasteiger partial charge in [0.15, 0.2) is 0 Å². The molecule has 1 aliphatic heterocycles. The van der Waals surface area contributed by atoms with Crippen molar-refractivity contribution in [1.29, 1.82) is 0 Å². The molecular weight excluding hydrogens is 384 g/mol. The molecule has 5 rings (SSSR count). The molecule has 4 aromatic rings. The minimum atomic E-state index is -0.159. The number of imidazole rings is 1. The summed E-state index contributed by atoms with van der Waals surface area (Å²) in [5.41, 5.74) is 5.26. The number of carbonyl (C=O) groups excluding carboxylic acids is 1. The molecule has 1 aromatic heterocycles. The van der Waals surface area contributed by atoms with E-state index in [1.165, 1.54) is 5.56 Å². The zero-order chi connectivity index (χ0) is 21.0. The highest BCUT2D eigenvalue weighted by Crippen LogP contribution is 2.28. The van der Waals surface area contributed by atoms with Crippen molar-refractivity contribution in [1.82, 2.24) is 9.55 Å². The summed E-state index contributed by atoms with van der Waals surface area (Å²) in [5.74, 6) is 0.0450. The Balaban J connectivity index is 1.27. The van der Waals surface area contributed by atoms with Crippen LogP contribution in [0.15, 0.2) is 97.6 Å². The lowest BCUT2D eigenvalue weighted by atomic mass is 10.1. The molecule has 1 saturated heterocycles. The summed E-state index contributed by atoms with van der Waals surface area (Å²) in [6.45, 7) is 0.884. The molecule has 0 saturated carbocycles. The number of benzene rings is 3. The molecule has 1 unspecified atom stereocenters. The Kier molecular flexibility index (Phi) is 5.23. The summed E-state index contributed by atoms with van der Waals surface area (Å²) in [6, 6.07) is 26.4. The first kappa shape index (κ1) is 19.1. The van der Waals surface area contributed by atoms with Crippen molar-refractivity contribution in [2.24, 2.45) is 0 Å². The molecule has 0 spiro atoms. The van der Waals surface area contributed by atoms with Gasteiger partial charge in [-0.05, 0) is 60.4 Å². The maximum Gasteiger partial charge on any atom is 0.247 e. The molecule has 0 radical (unpaired) electrons. The molecule has 1 N–H and O–H groups in total. The fourth-order valence-electron chi connectivity index (χ4n) is 4.18. The van der Waals surface area contributed by atoms with E-state index in [1.807, 2.05) is 53.2 Å². The van der Waals surface area contributed by atoms with Gasteiger partial charge in [-0.25, -0.2) is 4.98 Å². The van der Waals surface area contributed by atoms with E-state index in [0.29, 0.717) is 0 Å². The van der Waals surface area contributed by atoms with Crippen LogP contribution < -0.4 is 10.2 Å². The van der Waals surface area contributed by atoms with Crippen LogP contribution in [-0.4, -0.2) is 28.0 Å². The molecule has 1 atom stereocenters. The molecule has 0 bridgehead atoms. The second-order valence-electron chi connectivity index (χ2n) is 7.77. The zero-order valence-corrected chi connectivity index (χ0v) is 17.2. The molecule has 0 aliphatic carbocycles. The van der Waals surface area contributed by atoms with Gasteiger partial charge in [-0.1, -0.05) is 42.5 Å².